The molecular formula is C20H20N4O4. The summed E-state index contributed by atoms with van der Waals surface area (Å²) in [5, 5.41) is 11.6. The van der Waals surface area contributed by atoms with Crippen LogP contribution in [0.3, 0.4) is 0 Å². The predicted octanol–water partition coefficient (Wildman–Crippen LogP) is 2.92. The molecule has 0 bridgehead atoms. The minimum absolute atomic E-state index is 0.216. The molecule has 0 aliphatic carbocycles. The lowest BCUT2D eigenvalue weighted by molar-refractivity contribution is 0.0521. The summed E-state index contributed by atoms with van der Waals surface area (Å²) in [5.74, 6) is 0.710. The minimum atomic E-state index is -0.417. The van der Waals surface area contributed by atoms with Crippen LogP contribution in [0.15, 0.2) is 60.2 Å². The first-order valence-electron chi connectivity index (χ1n) is 8.66. The number of benzene rings is 2. The summed E-state index contributed by atoms with van der Waals surface area (Å²) in [6, 6.07) is 12.6. The molecule has 0 N–H and O–H groups in total. The fourth-order valence-electron chi connectivity index (χ4n) is 2.51. The normalized spacial score (nSPS) is 10.8. The first-order valence-corrected chi connectivity index (χ1v) is 8.66. The molecule has 0 spiro atoms. The van der Waals surface area contributed by atoms with Crippen molar-refractivity contribution in [3.63, 3.8) is 0 Å². The number of carbonyl (C=O) groups excluding carboxylic acids is 1. The van der Waals surface area contributed by atoms with E-state index in [0.717, 1.165) is 11.1 Å². The first-order chi connectivity index (χ1) is 13.7. The zero-order chi connectivity index (χ0) is 19.8. The number of hydrogen-bond acceptors (Lipinski definition) is 7. The molecule has 2 aromatic carbocycles. The Morgan fingerprint density at radius 3 is 2.68 bits per heavy atom. The molecule has 1 aromatic heterocycles. The van der Waals surface area contributed by atoms with Gasteiger partial charge >= 0.3 is 5.97 Å². The van der Waals surface area contributed by atoms with E-state index in [2.05, 4.69) is 15.3 Å². The zero-order valence-electron chi connectivity index (χ0n) is 15.6. The van der Waals surface area contributed by atoms with Gasteiger partial charge in [0.2, 0.25) is 0 Å². The van der Waals surface area contributed by atoms with Crippen molar-refractivity contribution in [3.8, 4) is 11.5 Å². The molecule has 3 aromatic rings. The number of aromatic nitrogens is 3. The highest BCUT2D eigenvalue weighted by Crippen LogP contribution is 2.24. The molecule has 0 saturated carbocycles. The zero-order valence-corrected chi connectivity index (χ0v) is 15.6. The topological polar surface area (TPSA) is 87.8 Å². The Balaban J connectivity index is 1.78. The van der Waals surface area contributed by atoms with Gasteiger partial charge in [0, 0.05) is 5.56 Å². The van der Waals surface area contributed by atoms with Gasteiger partial charge in [-0.05, 0) is 42.8 Å². The van der Waals surface area contributed by atoms with Crippen molar-refractivity contribution in [1.82, 2.24) is 14.9 Å². The summed E-state index contributed by atoms with van der Waals surface area (Å²) >= 11 is 0. The Bertz CT molecular complexity index is 955. The first kappa shape index (κ1) is 19.1. The van der Waals surface area contributed by atoms with Gasteiger partial charge in [-0.25, -0.2) is 9.47 Å². The Morgan fingerprint density at radius 2 is 1.93 bits per heavy atom. The van der Waals surface area contributed by atoms with Crippen molar-refractivity contribution in [2.45, 2.75) is 13.5 Å². The standard InChI is InChI=1S/C20H20N4O4/c1-3-27-20(25)17-6-4-5-7-19(17)28-12-16-10-15(8-9-18(16)26-2)11-23-24-13-21-22-14-24/h4-11,13-14H,3,12H2,1-2H3/b23-11+. The van der Waals surface area contributed by atoms with Crippen LogP contribution >= 0.6 is 0 Å². The van der Waals surface area contributed by atoms with E-state index < -0.39 is 5.97 Å². The van der Waals surface area contributed by atoms with Gasteiger partial charge in [0.15, 0.2) is 0 Å². The van der Waals surface area contributed by atoms with Crippen LogP contribution in [0, 0.1) is 0 Å². The number of methoxy groups -OCH3 is 1. The van der Waals surface area contributed by atoms with E-state index in [-0.39, 0.29) is 6.61 Å². The van der Waals surface area contributed by atoms with Gasteiger partial charge in [-0.2, -0.15) is 5.10 Å². The van der Waals surface area contributed by atoms with Gasteiger partial charge in [-0.3, -0.25) is 0 Å². The predicted molar refractivity (Wildman–Crippen MR) is 103 cm³/mol. The number of carbonyl (C=O) groups is 1. The number of hydrogen-bond donors (Lipinski definition) is 0. The van der Waals surface area contributed by atoms with E-state index in [1.165, 1.54) is 17.3 Å². The summed E-state index contributed by atoms with van der Waals surface area (Å²) in [7, 11) is 1.59. The minimum Gasteiger partial charge on any atom is -0.496 e. The monoisotopic (exact) mass is 380 g/mol. The molecule has 144 valence electrons. The van der Waals surface area contributed by atoms with E-state index in [4.69, 9.17) is 14.2 Å². The highest BCUT2D eigenvalue weighted by atomic mass is 16.5. The fourth-order valence-corrected chi connectivity index (χ4v) is 2.51. The highest BCUT2D eigenvalue weighted by Gasteiger charge is 2.14. The quantitative estimate of drug-likeness (QED) is 0.441. The van der Waals surface area contributed by atoms with E-state index >= 15 is 0 Å². The Kier molecular flexibility index (Phi) is 6.35. The van der Waals surface area contributed by atoms with Gasteiger partial charge in [0.05, 0.1) is 19.9 Å². The van der Waals surface area contributed by atoms with Crippen molar-refractivity contribution >= 4 is 12.2 Å². The van der Waals surface area contributed by atoms with Crippen LogP contribution in [-0.2, 0) is 11.3 Å². The second-order valence-electron chi connectivity index (χ2n) is 5.66. The lowest BCUT2D eigenvalue weighted by Crippen LogP contribution is -2.08. The largest absolute Gasteiger partial charge is 0.496 e. The average molecular weight is 380 g/mol. The van der Waals surface area contributed by atoms with Crippen LogP contribution in [0.25, 0.3) is 0 Å². The maximum atomic E-state index is 12.1. The summed E-state index contributed by atoms with van der Waals surface area (Å²) in [6.45, 7) is 2.28. The molecule has 0 atom stereocenters. The van der Waals surface area contributed by atoms with E-state index in [1.54, 1.807) is 44.5 Å². The fraction of sp³-hybridized carbons (Fsp3) is 0.200. The van der Waals surface area contributed by atoms with Gasteiger partial charge in [0.1, 0.15) is 36.3 Å². The van der Waals surface area contributed by atoms with Crippen molar-refractivity contribution in [1.29, 1.82) is 0 Å². The number of rotatable bonds is 8. The SMILES string of the molecule is CCOC(=O)c1ccccc1OCc1cc(/C=N/n2cnnc2)ccc1OC. The van der Waals surface area contributed by atoms with Crippen LogP contribution in [0.1, 0.15) is 28.4 Å². The summed E-state index contributed by atoms with van der Waals surface area (Å²) in [4.78, 5) is 12.1. The second-order valence-corrected chi connectivity index (χ2v) is 5.66. The molecule has 1 heterocycles. The Hall–Kier alpha value is -3.68. The van der Waals surface area contributed by atoms with Crippen molar-refractivity contribution in [2.75, 3.05) is 13.7 Å². The van der Waals surface area contributed by atoms with Crippen LogP contribution in [-0.4, -0.2) is 40.8 Å². The van der Waals surface area contributed by atoms with Crippen LogP contribution in [0.4, 0.5) is 0 Å². The molecule has 8 heteroatoms. The number of nitrogens with zero attached hydrogens (tertiary/aromatic N) is 4. The lowest BCUT2D eigenvalue weighted by atomic mass is 10.1. The summed E-state index contributed by atoms with van der Waals surface area (Å²) in [6.07, 6.45) is 4.67. The average Bonchev–Trinajstić information content (AvgIpc) is 3.25. The Morgan fingerprint density at radius 1 is 1.14 bits per heavy atom. The molecule has 3 rings (SSSR count). The Labute approximate surface area is 162 Å². The maximum absolute atomic E-state index is 12.1. The third kappa shape index (κ3) is 4.73. The van der Waals surface area contributed by atoms with Gasteiger partial charge in [-0.1, -0.05) is 12.1 Å². The van der Waals surface area contributed by atoms with E-state index in [1.807, 2.05) is 18.2 Å². The van der Waals surface area contributed by atoms with E-state index in [9.17, 15) is 4.79 Å². The van der Waals surface area contributed by atoms with Gasteiger partial charge < -0.3 is 14.2 Å². The smallest absolute Gasteiger partial charge is 0.341 e. The van der Waals surface area contributed by atoms with Gasteiger partial charge in [-0.15, -0.1) is 10.2 Å². The molecule has 0 amide bonds. The second kappa shape index (κ2) is 9.31. The third-order valence-corrected chi connectivity index (χ3v) is 3.82. The molecule has 0 saturated heterocycles. The van der Waals surface area contributed by atoms with Gasteiger partial charge in [0.25, 0.3) is 0 Å². The van der Waals surface area contributed by atoms with E-state index in [0.29, 0.717) is 23.7 Å². The van der Waals surface area contributed by atoms with Crippen molar-refractivity contribution in [2.24, 2.45) is 5.10 Å². The number of ether oxygens (including phenoxy) is 3. The molecule has 0 unspecified atom stereocenters. The molecule has 8 nitrogen and oxygen atoms in total. The number of para-hydroxylation sites is 1. The summed E-state index contributed by atoms with van der Waals surface area (Å²) < 4.78 is 17.9. The lowest BCUT2D eigenvalue weighted by Gasteiger charge is -2.13. The molecule has 28 heavy (non-hydrogen) atoms. The van der Waals surface area contributed by atoms with Crippen molar-refractivity contribution < 1.29 is 19.0 Å². The highest BCUT2D eigenvalue weighted by molar-refractivity contribution is 5.92. The molecule has 0 aliphatic rings. The third-order valence-electron chi connectivity index (χ3n) is 3.82. The molecule has 0 aliphatic heterocycles. The number of esters is 1. The van der Waals surface area contributed by atoms with Crippen LogP contribution < -0.4 is 9.47 Å². The summed E-state index contributed by atoms with van der Waals surface area (Å²) in [5.41, 5.74) is 2.05. The maximum Gasteiger partial charge on any atom is 0.341 e. The molecule has 0 radical (unpaired) electrons. The van der Waals surface area contributed by atoms with Crippen molar-refractivity contribution in [3.05, 3.63) is 71.8 Å². The molecular weight excluding hydrogens is 360 g/mol. The van der Waals surface area contributed by atoms with Crippen LogP contribution in [0.5, 0.6) is 11.5 Å². The molecule has 0 fully saturated rings. The van der Waals surface area contributed by atoms with Crippen LogP contribution in [0.2, 0.25) is 0 Å².